The molecule has 5 nitrogen and oxygen atoms in total. The molecule has 0 heterocycles. The number of halogens is 2. The molecule has 0 aliphatic carbocycles. The molecule has 158 valence electrons. The average molecular weight is 491 g/mol. The third-order valence-electron chi connectivity index (χ3n) is 4.03. The zero-order chi connectivity index (χ0) is 22.4. The molecule has 0 fully saturated rings. The van der Waals surface area contributed by atoms with Crippen LogP contribution in [0, 0.1) is 12.3 Å². The van der Waals surface area contributed by atoms with Crippen molar-refractivity contribution in [1.29, 1.82) is 0 Å². The lowest BCUT2D eigenvalue weighted by atomic mass is 10.1. The van der Waals surface area contributed by atoms with E-state index in [1.54, 1.807) is 12.1 Å². The van der Waals surface area contributed by atoms with Gasteiger partial charge in [0.1, 0.15) is 0 Å². The van der Waals surface area contributed by atoms with Crippen LogP contribution in [0.3, 0.4) is 0 Å². The Hall–Kier alpha value is -2.63. The summed E-state index contributed by atoms with van der Waals surface area (Å²) in [5.74, 6) is 2.58. The van der Waals surface area contributed by atoms with Gasteiger partial charge in [0, 0.05) is 20.6 Å². The van der Waals surface area contributed by atoms with Crippen LogP contribution in [0.5, 0.6) is 0 Å². The second-order valence-electron chi connectivity index (χ2n) is 6.22. The van der Waals surface area contributed by atoms with Crippen molar-refractivity contribution in [3.63, 3.8) is 0 Å². The van der Waals surface area contributed by atoms with Crippen molar-refractivity contribution >= 4 is 62.3 Å². The Morgan fingerprint density at radius 1 is 0.968 bits per heavy atom. The average Bonchev–Trinajstić information content (AvgIpc) is 2.74. The van der Waals surface area contributed by atoms with Crippen molar-refractivity contribution in [3.05, 3.63) is 82.3 Å². The topological polar surface area (TPSA) is 75.3 Å². The van der Waals surface area contributed by atoms with Gasteiger partial charge in [-0.1, -0.05) is 29.1 Å². The summed E-state index contributed by atoms with van der Waals surface area (Å²) in [7, 11) is -3.94. The van der Waals surface area contributed by atoms with Crippen LogP contribution in [-0.2, 0) is 10.0 Å². The summed E-state index contributed by atoms with van der Waals surface area (Å²) in [4.78, 5) is 13.8. The number of thioether (sulfide) groups is 1. The predicted octanol–water partition coefficient (Wildman–Crippen LogP) is 5.77. The van der Waals surface area contributed by atoms with Crippen LogP contribution in [0.25, 0.3) is 0 Å². The monoisotopic (exact) mass is 490 g/mol. The van der Waals surface area contributed by atoms with E-state index in [1.807, 2.05) is 12.1 Å². The first kappa shape index (κ1) is 23.0. The lowest BCUT2D eigenvalue weighted by Gasteiger charge is -2.14. The van der Waals surface area contributed by atoms with Crippen LogP contribution in [0.1, 0.15) is 10.4 Å². The van der Waals surface area contributed by atoms with E-state index in [1.165, 1.54) is 54.2 Å². The number of benzene rings is 3. The second-order valence-corrected chi connectivity index (χ2v) is 9.82. The van der Waals surface area contributed by atoms with E-state index in [9.17, 15) is 13.2 Å². The fourth-order valence-electron chi connectivity index (χ4n) is 2.57. The minimum absolute atomic E-state index is 0.0123. The molecule has 1 amide bonds. The third kappa shape index (κ3) is 6.18. The Morgan fingerprint density at radius 2 is 1.61 bits per heavy atom. The van der Waals surface area contributed by atoms with Gasteiger partial charge in [-0.2, -0.15) is 0 Å². The highest BCUT2D eigenvalue weighted by Crippen LogP contribution is 2.26. The van der Waals surface area contributed by atoms with E-state index in [-0.39, 0.29) is 16.1 Å². The SMILES string of the molecule is C#CCSc1ccc(NC(=O)c2cc(Cl)ccc2NS(=O)(=O)c2ccc(Cl)cc2)cc1. The van der Waals surface area contributed by atoms with Gasteiger partial charge >= 0.3 is 0 Å². The molecule has 0 aliphatic heterocycles. The van der Waals surface area contributed by atoms with Crippen molar-refractivity contribution in [3.8, 4) is 12.3 Å². The number of terminal acetylenes is 1. The standard InChI is InChI=1S/C22H16Cl2N2O3S2/c1-2-13-30-18-8-6-17(7-9-18)25-22(27)20-14-16(24)5-12-21(20)26-31(28,29)19-10-3-15(23)4-11-19/h1,3-12,14,26H,13H2,(H,25,27). The molecule has 2 N–H and O–H groups in total. The Morgan fingerprint density at radius 3 is 2.26 bits per heavy atom. The van der Waals surface area contributed by atoms with Gasteiger partial charge < -0.3 is 5.32 Å². The van der Waals surface area contributed by atoms with E-state index in [4.69, 9.17) is 29.6 Å². The van der Waals surface area contributed by atoms with Crippen LogP contribution in [-0.4, -0.2) is 20.1 Å². The molecular weight excluding hydrogens is 475 g/mol. The number of anilines is 2. The molecule has 0 aromatic heterocycles. The molecule has 0 spiro atoms. The highest BCUT2D eigenvalue weighted by atomic mass is 35.5. The van der Waals surface area contributed by atoms with Crippen molar-refractivity contribution in [1.82, 2.24) is 0 Å². The normalized spacial score (nSPS) is 10.9. The van der Waals surface area contributed by atoms with E-state index in [0.717, 1.165) is 4.90 Å². The summed E-state index contributed by atoms with van der Waals surface area (Å²) < 4.78 is 27.9. The smallest absolute Gasteiger partial charge is 0.261 e. The minimum atomic E-state index is -3.94. The second kappa shape index (κ2) is 10.1. The third-order valence-corrected chi connectivity index (χ3v) is 6.81. The summed E-state index contributed by atoms with van der Waals surface area (Å²) in [5, 5.41) is 3.45. The zero-order valence-electron chi connectivity index (χ0n) is 15.9. The number of hydrogen-bond acceptors (Lipinski definition) is 4. The molecule has 0 saturated heterocycles. The molecule has 31 heavy (non-hydrogen) atoms. The Balaban J connectivity index is 1.83. The first-order valence-electron chi connectivity index (χ1n) is 8.84. The molecule has 0 radical (unpaired) electrons. The Bertz CT molecular complexity index is 1240. The zero-order valence-corrected chi connectivity index (χ0v) is 19.1. The highest BCUT2D eigenvalue weighted by molar-refractivity contribution is 7.99. The number of carbonyl (C=O) groups is 1. The fourth-order valence-corrected chi connectivity index (χ4v) is 4.53. The molecule has 3 aromatic carbocycles. The van der Waals surface area contributed by atoms with Gasteiger partial charge in [0.15, 0.2) is 0 Å². The maximum Gasteiger partial charge on any atom is 0.261 e. The van der Waals surface area contributed by atoms with Crippen molar-refractivity contribution < 1.29 is 13.2 Å². The maximum absolute atomic E-state index is 12.9. The molecule has 0 aliphatic rings. The number of hydrogen-bond donors (Lipinski definition) is 2. The van der Waals surface area contributed by atoms with E-state index in [0.29, 0.717) is 21.5 Å². The number of nitrogens with one attached hydrogen (secondary N) is 2. The highest BCUT2D eigenvalue weighted by Gasteiger charge is 2.19. The first-order valence-corrected chi connectivity index (χ1v) is 12.1. The van der Waals surface area contributed by atoms with Gasteiger partial charge in [-0.05, 0) is 66.7 Å². The Labute approximate surface area is 195 Å². The maximum atomic E-state index is 12.9. The first-order chi connectivity index (χ1) is 14.8. The van der Waals surface area contributed by atoms with Crippen LogP contribution >= 0.6 is 35.0 Å². The summed E-state index contributed by atoms with van der Waals surface area (Å²) in [6.07, 6.45) is 5.26. The van der Waals surface area contributed by atoms with Crippen LogP contribution < -0.4 is 10.0 Å². The lowest BCUT2D eigenvalue weighted by molar-refractivity contribution is 0.102. The largest absolute Gasteiger partial charge is 0.322 e. The summed E-state index contributed by atoms with van der Waals surface area (Å²) in [6, 6.07) is 17.2. The van der Waals surface area contributed by atoms with Crippen molar-refractivity contribution in [2.24, 2.45) is 0 Å². The molecule has 0 saturated carbocycles. The molecule has 3 aromatic rings. The van der Waals surface area contributed by atoms with E-state index in [2.05, 4.69) is 16.0 Å². The Kier molecular flexibility index (Phi) is 7.52. The quantitative estimate of drug-likeness (QED) is 0.325. The molecule has 0 bridgehead atoms. The summed E-state index contributed by atoms with van der Waals surface area (Å²) >= 11 is 13.4. The minimum Gasteiger partial charge on any atom is -0.322 e. The summed E-state index contributed by atoms with van der Waals surface area (Å²) in [6.45, 7) is 0. The number of rotatable bonds is 7. The molecule has 0 unspecified atom stereocenters. The summed E-state index contributed by atoms with van der Waals surface area (Å²) in [5.41, 5.74) is 0.718. The van der Waals surface area contributed by atoms with Gasteiger partial charge in [-0.25, -0.2) is 8.42 Å². The molecular formula is C22H16Cl2N2O3S2. The van der Waals surface area contributed by atoms with Crippen molar-refractivity contribution in [2.45, 2.75) is 9.79 Å². The van der Waals surface area contributed by atoms with Gasteiger partial charge in [-0.15, -0.1) is 18.2 Å². The van der Waals surface area contributed by atoms with Gasteiger partial charge in [-0.3, -0.25) is 9.52 Å². The number of amides is 1. The number of sulfonamides is 1. The van der Waals surface area contributed by atoms with Gasteiger partial charge in [0.2, 0.25) is 0 Å². The van der Waals surface area contributed by atoms with Gasteiger partial charge in [0.25, 0.3) is 15.9 Å². The van der Waals surface area contributed by atoms with E-state index < -0.39 is 15.9 Å². The molecule has 0 atom stereocenters. The van der Waals surface area contributed by atoms with Crippen LogP contribution in [0.4, 0.5) is 11.4 Å². The molecule has 3 rings (SSSR count). The van der Waals surface area contributed by atoms with Crippen LogP contribution in [0.2, 0.25) is 10.0 Å². The van der Waals surface area contributed by atoms with Crippen molar-refractivity contribution in [2.75, 3.05) is 15.8 Å². The van der Waals surface area contributed by atoms with E-state index >= 15 is 0 Å². The van der Waals surface area contributed by atoms with Crippen LogP contribution in [0.15, 0.2) is 76.5 Å². The predicted molar refractivity (Wildman–Crippen MR) is 128 cm³/mol. The fraction of sp³-hybridized carbons (Fsp3) is 0.0455. The lowest BCUT2D eigenvalue weighted by Crippen LogP contribution is -2.18. The molecule has 9 heteroatoms. The number of carbonyl (C=O) groups excluding carboxylic acids is 1. The van der Waals surface area contributed by atoms with Gasteiger partial charge in [0.05, 0.1) is 21.9 Å².